The van der Waals surface area contributed by atoms with Gasteiger partial charge < -0.3 is 14.9 Å². The number of hydrogen-bond donors (Lipinski definition) is 2. The number of ether oxygens (including phenoxy) is 1. The Morgan fingerprint density at radius 1 is 1.60 bits per heavy atom. The number of aliphatic hydroxyl groups excluding tert-OH is 1. The van der Waals surface area contributed by atoms with Gasteiger partial charge in [-0.25, -0.2) is 0 Å². The number of carboxylic acid groups (broad SMARTS) is 1. The fourth-order valence-corrected chi connectivity index (χ4v) is 2.54. The third kappa shape index (κ3) is 2.48. The first kappa shape index (κ1) is 10.9. The highest BCUT2D eigenvalue weighted by Crippen LogP contribution is 2.33. The molecule has 0 aromatic carbocycles. The number of nitrogens with zero attached hydrogens (tertiary/aromatic N) is 1. The van der Waals surface area contributed by atoms with Crippen LogP contribution in [0.2, 0.25) is 0 Å². The highest BCUT2D eigenvalue weighted by molar-refractivity contribution is 5.69. The Bertz CT molecular complexity index is 258. The number of carbonyl (C=O) groups is 1. The molecular formula is C10H17NO4. The Kier molecular flexibility index (Phi) is 2.95. The highest BCUT2D eigenvalue weighted by Gasteiger charge is 2.43. The highest BCUT2D eigenvalue weighted by atomic mass is 16.5. The zero-order valence-electron chi connectivity index (χ0n) is 8.69. The molecule has 0 aromatic heterocycles. The second-order valence-electron chi connectivity index (χ2n) is 4.53. The van der Waals surface area contributed by atoms with Gasteiger partial charge in [-0.3, -0.25) is 9.69 Å². The minimum Gasteiger partial charge on any atom is -0.480 e. The summed E-state index contributed by atoms with van der Waals surface area (Å²) >= 11 is 0. The summed E-state index contributed by atoms with van der Waals surface area (Å²) in [4.78, 5) is 12.4. The van der Waals surface area contributed by atoms with E-state index in [1.54, 1.807) is 0 Å². The third-order valence-electron chi connectivity index (χ3n) is 3.22. The molecule has 0 bridgehead atoms. The molecule has 0 unspecified atom stereocenters. The van der Waals surface area contributed by atoms with Crippen LogP contribution in [0.15, 0.2) is 0 Å². The van der Waals surface area contributed by atoms with Crippen molar-refractivity contribution >= 4 is 5.97 Å². The summed E-state index contributed by atoms with van der Waals surface area (Å²) < 4.78 is 5.71. The van der Waals surface area contributed by atoms with Gasteiger partial charge in [0.05, 0.1) is 18.2 Å². The first-order chi connectivity index (χ1) is 7.10. The van der Waals surface area contributed by atoms with Gasteiger partial charge in [0.25, 0.3) is 0 Å². The maximum Gasteiger partial charge on any atom is 0.317 e. The van der Waals surface area contributed by atoms with E-state index in [4.69, 9.17) is 9.84 Å². The van der Waals surface area contributed by atoms with Crippen molar-refractivity contribution in [3.8, 4) is 0 Å². The number of likely N-dealkylation sites (tertiary alicyclic amines) is 1. The SMILES string of the molecule is O=C(O)CN1CC[C@@]2(C[C@H](O)CCO2)C1. The smallest absolute Gasteiger partial charge is 0.317 e. The minimum atomic E-state index is -0.802. The van der Waals surface area contributed by atoms with Gasteiger partial charge in [0, 0.05) is 26.1 Å². The Morgan fingerprint density at radius 2 is 2.40 bits per heavy atom. The number of aliphatic carboxylic acids is 1. The number of hydrogen-bond acceptors (Lipinski definition) is 4. The molecule has 1 spiro atoms. The number of rotatable bonds is 2. The molecule has 2 rings (SSSR count). The van der Waals surface area contributed by atoms with Gasteiger partial charge in [0.2, 0.25) is 0 Å². The molecule has 2 aliphatic heterocycles. The van der Waals surface area contributed by atoms with Crippen LogP contribution in [-0.4, -0.2) is 59.0 Å². The van der Waals surface area contributed by atoms with Crippen LogP contribution in [0.5, 0.6) is 0 Å². The van der Waals surface area contributed by atoms with Crippen molar-refractivity contribution in [1.82, 2.24) is 4.90 Å². The fourth-order valence-electron chi connectivity index (χ4n) is 2.54. The largest absolute Gasteiger partial charge is 0.480 e. The Hall–Kier alpha value is -0.650. The lowest BCUT2D eigenvalue weighted by molar-refractivity contribution is -0.139. The topological polar surface area (TPSA) is 70.0 Å². The lowest BCUT2D eigenvalue weighted by Crippen LogP contribution is -2.44. The molecule has 0 aromatic rings. The first-order valence-electron chi connectivity index (χ1n) is 5.36. The first-order valence-corrected chi connectivity index (χ1v) is 5.36. The van der Waals surface area contributed by atoms with E-state index in [1.165, 1.54) is 0 Å². The Labute approximate surface area is 88.6 Å². The van der Waals surface area contributed by atoms with E-state index in [1.807, 2.05) is 4.90 Å². The van der Waals surface area contributed by atoms with Crippen molar-refractivity contribution in [2.24, 2.45) is 0 Å². The zero-order valence-corrected chi connectivity index (χ0v) is 8.69. The minimum absolute atomic E-state index is 0.0706. The summed E-state index contributed by atoms with van der Waals surface area (Å²) in [7, 11) is 0. The monoisotopic (exact) mass is 215 g/mol. The third-order valence-corrected chi connectivity index (χ3v) is 3.22. The van der Waals surface area contributed by atoms with Crippen molar-refractivity contribution in [2.45, 2.75) is 31.0 Å². The second kappa shape index (κ2) is 4.08. The van der Waals surface area contributed by atoms with E-state index in [-0.39, 0.29) is 18.2 Å². The molecule has 0 radical (unpaired) electrons. The van der Waals surface area contributed by atoms with Crippen LogP contribution in [0.1, 0.15) is 19.3 Å². The molecule has 0 aliphatic carbocycles. The molecule has 0 amide bonds. The summed E-state index contributed by atoms with van der Waals surface area (Å²) in [5, 5.41) is 18.3. The van der Waals surface area contributed by atoms with Crippen LogP contribution < -0.4 is 0 Å². The molecule has 5 nitrogen and oxygen atoms in total. The summed E-state index contributed by atoms with van der Waals surface area (Å²) in [5.41, 5.74) is -0.285. The fraction of sp³-hybridized carbons (Fsp3) is 0.900. The van der Waals surface area contributed by atoms with Crippen molar-refractivity contribution in [3.63, 3.8) is 0 Å². The van der Waals surface area contributed by atoms with Gasteiger partial charge in [-0.2, -0.15) is 0 Å². The summed E-state index contributed by atoms with van der Waals surface area (Å²) in [6, 6.07) is 0. The predicted octanol–water partition coefficient (Wildman–Crippen LogP) is -0.313. The second-order valence-corrected chi connectivity index (χ2v) is 4.53. The van der Waals surface area contributed by atoms with Crippen molar-refractivity contribution < 1.29 is 19.7 Å². The van der Waals surface area contributed by atoms with E-state index in [0.29, 0.717) is 26.0 Å². The van der Waals surface area contributed by atoms with E-state index in [0.717, 1.165) is 13.0 Å². The molecule has 2 atom stereocenters. The summed E-state index contributed by atoms with van der Waals surface area (Å²) in [6.07, 6.45) is 1.88. The van der Waals surface area contributed by atoms with Gasteiger partial charge in [0.1, 0.15) is 0 Å². The molecule has 2 fully saturated rings. The van der Waals surface area contributed by atoms with E-state index in [2.05, 4.69) is 0 Å². The van der Waals surface area contributed by atoms with Gasteiger partial charge in [-0.05, 0) is 12.8 Å². The van der Waals surface area contributed by atoms with Crippen molar-refractivity contribution in [3.05, 3.63) is 0 Å². The van der Waals surface area contributed by atoms with Gasteiger partial charge in [-0.1, -0.05) is 0 Å². The van der Waals surface area contributed by atoms with E-state index in [9.17, 15) is 9.90 Å². The van der Waals surface area contributed by atoms with Crippen molar-refractivity contribution in [2.75, 3.05) is 26.2 Å². The molecule has 0 saturated carbocycles. The number of carboxylic acids is 1. The molecule has 5 heteroatoms. The van der Waals surface area contributed by atoms with Gasteiger partial charge in [0.15, 0.2) is 0 Å². The quantitative estimate of drug-likeness (QED) is 0.661. The van der Waals surface area contributed by atoms with Crippen LogP contribution in [-0.2, 0) is 9.53 Å². The molecule has 2 aliphatic rings. The van der Waals surface area contributed by atoms with Crippen LogP contribution in [0.25, 0.3) is 0 Å². The molecule has 2 N–H and O–H groups in total. The van der Waals surface area contributed by atoms with Crippen LogP contribution in [0.4, 0.5) is 0 Å². The van der Waals surface area contributed by atoms with E-state index >= 15 is 0 Å². The van der Waals surface area contributed by atoms with Crippen LogP contribution in [0, 0.1) is 0 Å². The van der Waals surface area contributed by atoms with E-state index < -0.39 is 5.97 Å². The number of aliphatic hydroxyl groups is 1. The Balaban J connectivity index is 1.92. The van der Waals surface area contributed by atoms with Crippen molar-refractivity contribution in [1.29, 1.82) is 0 Å². The van der Waals surface area contributed by atoms with Gasteiger partial charge >= 0.3 is 5.97 Å². The summed E-state index contributed by atoms with van der Waals surface area (Å²) in [6.45, 7) is 2.04. The van der Waals surface area contributed by atoms with Gasteiger partial charge in [-0.15, -0.1) is 0 Å². The lowest BCUT2D eigenvalue weighted by Gasteiger charge is -2.36. The molecule has 2 saturated heterocycles. The predicted molar refractivity (Wildman–Crippen MR) is 52.6 cm³/mol. The average molecular weight is 215 g/mol. The molecule has 2 heterocycles. The maximum atomic E-state index is 10.6. The molecule has 15 heavy (non-hydrogen) atoms. The van der Waals surface area contributed by atoms with Crippen LogP contribution >= 0.6 is 0 Å². The normalized spacial score (nSPS) is 37.3. The lowest BCUT2D eigenvalue weighted by atomic mass is 9.91. The molecule has 86 valence electrons. The maximum absolute atomic E-state index is 10.6. The molecular weight excluding hydrogens is 198 g/mol. The standard InChI is InChI=1S/C10H17NO4/c12-8-1-4-15-10(5-8)2-3-11(7-10)6-9(13)14/h8,12H,1-7H2,(H,13,14)/t8-,10-/m1/s1. The van der Waals surface area contributed by atoms with Crippen LogP contribution in [0.3, 0.4) is 0 Å². The zero-order chi connectivity index (χ0) is 10.9. The average Bonchev–Trinajstić information content (AvgIpc) is 2.47. The summed E-state index contributed by atoms with van der Waals surface area (Å²) in [5.74, 6) is -0.802. The Morgan fingerprint density at radius 3 is 3.07 bits per heavy atom.